The van der Waals surface area contributed by atoms with E-state index in [-0.39, 0.29) is 5.75 Å². The van der Waals surface area contributed by atoms with Crippen LogP contribution in [-0.4, -0.2) is 12.2 Å². The summed E-state index contributed by atoms with van der Waals surface area (Å²) < 4.78 is 5.01. The SMILES string of the molecule is C=CCc1cc(OC)c(O)cc1C=C. The Hall–Kier alpha value is -1.70. The highest BCUT2D eigenvalue weighted by Crippen LogP contribution is 2.30. The Morgan fingerprint density at radius 3 is 2.64 bits per heavy atom. The summed E-state index contributed by atoms with van der Waals surface area (Å²) in [5.74, 6) is 0.614. The minimum atomic E-state index is 0.134. The topological polar surface area (TPSA) is 29.5 Å². The lowest BCUT2D eigenvalue weighted by Crippen LogP contribution is -1.91. The Morgan fingerprint density at radius 1 is 1.43 bits per heavy atom. The van der Waals surface area contributed by atoms with Gasteiger partial charge in [-0.25, -0.2) is 0 Å². The van der Waals surface area contributed by atoms with Crippen LogP contribution in [0.2, 0.25) is 0 Å². The number of ether oxygens (including phenoxy) is 1. The molecule has 1 aromatic carbocycles. The zero-order valence-electron chi connectivity index (χ0n) is 8.29. The summed E-state index contributed by atoms with van der Waals surface area (Å²) in [4.78, 5) is 0. The lowest BCUT2D eigenvalue weighted by atomic mass is 10.0. The van der Waals surface area contributed by atoms with Crippen molar-refractivity contribution in [1.29, 1.82) is 0 Å². The van der Waals surface area contributed by atoms with E-state index in [1.807, 2.05) is 0 Å². The van der Waals surface area contributed by atoms with E-state index in [1.165, 1.54) is 7.11 Å². The maximum absolute atomic E-state index is 9.52. The van der Waals surface area contributed by atoms with Gasteiger partial charge in [0, 0.05) is 0 Å². The summed E-state index contributed by atoms with van der Waals surface area (Å²) in [6.45, 7) is 7.36. The van der Waals surface area contributed by atoms with Crippen molar-refractivity contribution in [1.82, 2.24) is 0 Å². The molecule has 0 aliphatic heterocycles. The molecule has 1 N–H and O–H groups in total. The maximum Gasteiger partial charge on any atom is 0.160 e. The van der Waals surface area contributed by atoms with Crippen molar-refractivity contribution < 1.29 is 9.84 Å². The van der Waals surface area contributed by atoms with Gasteiger partial charge >= 0.3 is 0 Å². The molecule has 0 bridgehead atoms. The average molecular weight is 190 g/mol. The van der Waals surface area contributed by atoms with Crippen LogP contribution in [0.15, 0.2) is 31.4 Å². The molecule has 0 aliphatic carbocycles. The Morgan fingerprint density at radius 2 is 2.14 bits per heavy atom. The van der Waals surface area contributed by atoms with Gasteiger partial charge in [-0.15, -0.1) is 6.58 Å². The van der Waals surface area contributed by atoms with Crippen LogP contribution >= 0.6 is 0 Å². The van der Waals surface area contributed by atoms with Gasteiger partial charge in [0.05, 0.1) is 7.11 Å². The van der Waals surface area contributed by atoms with E-state index in [1.54, 1.807) is 24.3 Å². The zero-order chi connectivity index (χ0) is 10.6. The van der Waals surface area contributed by atoms with Gasteiger partial charge < -0.3 is 9.84 Å². The van der Waals surface area contributed by atoms with Crippen molar-refractivity contribution in [2.45, 2.75) is 6.42 Å². The third kappa shape index (κ3) is 1.96. The van der Waals surface area contributed by atoms with Crippen molar-refractivity contribution in [2.75, 3.05) is 7.11 Å². The Kier molecular flexibility index (Phi) is 3.35. The number of aromatic hydroxyl groups is 1. The van der Waals surface area contributed by atoms with E-state index in [9.17, 15) is 5.11 Å². The fourth-order valence-electron chi connectivity index (χ4n) is 1.31. The first kappa shape index (κ1) is 10.4. The smallest absolute Gasteiger partial charge is 0.160 e. The molecule has 0 saturated heterocycles. The maximum atomic E-state index is 9.52. The Balaban J connectivity index is 3.23. The van der Waals surface area contributed by atoms with Gasteiger partial charge in [-0.1, -0.05) is 18.7 Å². The van der Waals surface area contributed by atoms with Crippen molar-refractivity contribution >= 4 is 6.08 Å². The van der Waals surface area contributed by atoms with E-state index in [0.29, 0.717) is 5.75 Å². The molecular weight excluding hydrogens is 176 g/mol. The highest BCUT2D eigenvalue weighted by molar-refractivity contribution is 5.59. The quantitative estimate of drug-likeness (QED) is 0.740. The number of hydrogen-bond donors (Lipinski definition) is 1. The van der Waals surface area contributed by atoms with Gasteiger partial charge in [0.2, 0.25) is 0 Å². The summed E-state index contributed by atoms with van der Waals surface area (Å²) in [5, 5.41) is 9.52. The predicted molar refractivity (Wildman–Crippen MR) is 58.7 cm³/mol. The molecule has 0 fully saturated rings. The molecule has 1 aromatic rings. The second kappa shape index (κ2) is 4.51. The lowest BCUT2D eigenvalue weighted by molar-refractivity contribution is 0.373. The van der Waals surface area contributed by atoms with Gasteiger partial charge in [-0.05, 0) is 29.7 Å². The zero-order valence-corrected chi connectivity index (χ0v) is 8.29. The highest BCUT2D eigenvalue weighted by Gasteiger charge is 2.06. The van der Waals surface area contributed by atoms with E-state index in [0.717, 1.165) is 17.5 Å². The van der Waals surface area contributed by atoms with Crippen LogP contribution in [0.1, 0.15) is 11.1 Å². The number of rotatable bonds is 4. The molecule has 0 aliphatic rings. The molecule has 2 heteroatoms. The standard InChI is InChI=1S/C12H14O2/c1-4-6-10-8-12(14-3)11(13)7-9(10)5-2/h4-5,7-8,13H,1-2,6H2,3H3. The van der Waals surface area contributed by atoms with Crippen LogP contribution in [0.4, 0.5) is 0 Å². The molecule has 0 heterocycles. The van der Waals surface area contributed by atoms with Crippen LogP contribution in [0.3, 0.4) is 0 Å². The molecular formula is C12H14O2. The molecule has 74 valence electrons. The first-order valence-electron chi connectivity index (χ1n) is 4.36. The van der Waals surface area contributed by atoms with Gasteiger partial charge in [-0.3, -0.25) is 0 Å². The number of phenols is 1. The van der Waals surface area contributed by atoms with E-state index in [4.69, 9.17) is 4.74 Å². The lowest BCUT2D eigenvalue weighted by Gasteiger charge is -2.08. The van der Waals surface area contributed by atoms with E-state index < -0.39 is 0 Å². The van der Waals surface area contributed by atoms with Crippen LogP contribution in [0.25, 0.3) is 6.08 Å². The molecule has 0 atom stereocenters. The van der Waals surface area contributed by atoms with Gasteiger partial charge in [0.15, 0.2) is 11.5 Å². The van der Waals surface area contributed by atoms with Crippen LogP contribution in [-0.2, 0) is 6.42 Å². The van der Waals surface area contributed by atoms with Gasteiger partial charge in [0.25, 0.3) is 0 Å². The summed E-state index contributed by atoms with van der Waals surface area (Å²) in [6, 6.07) is 3.44. The van der Waals surface area contributed by atoms with E-state index >= 15 is 0 Å². The first-order chi connectivity index (χ1) is 6.72. The van der Waals surface area contributed by atoms with E-state index in [2.05, 4.69) is 13.2 Å². The largest absolute Gasteiger partial charge is 0.504 e. The Labute approximate surface area is 84.1 Å². The molecule has 0 saturated carbocycles. The molecule has 2 nitrogen and oxygen atoms in total. The van der Waals surface area contributed by atoms with Crippen molar-refractivity contribution in [3.8, 4) is 11.5 Å². The molecule has 0 radical (unpaired) electrons. The fourth-order valence-corrected chi connectivity index (χ4v) is 1.31. The second-order valence-corrected chi connectivity index (χ2v) is 2.92. The minimum Gasteiger partial charge on any atom is -0.504 e. The number of hydrogen-bond acceptors (Lipinski definition) is 2. The van der Waals surface area contributed by atoms with Crippen molar-refractivity contribution in [2.24, 2.45) is 0 Å². The third-order valence-electron chi connectivity index (χ3n) is 2.02. The molecule has 0 unspecified atom stereocenters. The van der Waals surface area contributed by atoms with Crippen LogP contribution in [0.5, 0.6) is 11.5 Å². The molecule has 0 spiro atoms. The van der Waals surface area contributed by atoms with Gasteiger partial charge in [0.1, 0.15) is 0 Å². The highest BCUT2D eigenvalue weighted by atomic mass is 16.5. The monoisotopic (exact) mass is 190 g/mol. The van der Waals surface area contributed by atoms with Crippen molar-refractivity contribution in [3.05, 3.63) is 42.5 Å². The number of phenolic OH excluding ortho intramolecular Hbond substituents is 1. The molecule has 1 rings (SSSR count). The first-order valence-corrected chi connectivity index (χ1v) is 4.36. The second-order valence-electron chi connectivity index (χ2n) is 2.92. The van der Waals surface area contributed by atoms with Gasteiger partial charge in [-0.2, -0.15) is 0 Å². The predicted octanol–water partition coefficient (Wildman–Crippen LogP) is 2.77. The van der Waals surface area contributed by atoms with Crippen LogP contribution < -0.4 is 4.74 Å². The van der Waals surface area contributed by atoms with Crippen LogP contribution in [0, 0.1) is 0 Å². The average Bonchev–Trinajstić information content (AvgIpc) is 2.20. The Bertz CT molecular complexity index is 354. The molecule has 0 aromatic heterocycles. The third-order valence-corrected chi connectivity index (χ3v) is 2.02. The normalized spacial score (nSPS) is 9.50. The summed E-state index contributed by atoms with van der Waals surface area (Å²) in [7, 11) is 1.53. The number of allylic oxidation sites excluding steroid dienone is 1. The fraction of sp³-hybridized carbons (Fsp3) is 0.167. The minimum absolute atomic E-state index is 0.134. The summed E-state index contributed by atoms with van der Waals surface area (Å²) in [6.07, 6.45) is 4.24. The molecule has 14 heavy (non-hydrogen) atoms. The number of benzene rings is 1. The number of methoxy groups -OCH3 is 1. The summed E-state index contributed by atoms with van der Waals surface area (Å²) in [5.41, 5.74) is 1.95. The van der Waals surface area contributed by atoms with Crippen molar-refractivity contribution in [3.63, 3.8) is 0 Å². The molecule has 0 amide bonds. The summed E-state index contributed by atoms with van der Waals surface area (Å²) >= 11 is 0.